The summed E-state index contributed by atoms with van der Waals surface area (Å²) in [6.45, 7) is 2.11. The largest absolute Gasteiger partial charge is 0.493 e. The highest BCUT2D eigenvalue weighted by Gasteiger charge is 2.29. The smallest absolute Gasteiger partial charge is 0.318 e. The van der Waals surface area contributed by atoms with E-state index < -0.39 is 0 Å². The molecular formula is C18H21N3O2S. The van der Waals surface area contributed by atoms with Crippen LogP contribution in [0.1, 0.15) is 41.4 Å². The second-order valence-electron chi connectivity index (χ2n) is 6.27. The maximum Gasteiger partial charge on any atom is 0.318 e. The summed E-state index contributed by atoms with van der Waals surface area (Å²) < 4.78 is 5.53. The Bertz CT molecular complexity index is 717. The first kappa shape index (κ1) is 15.4. The molecule has 0 radical (unpaired) electrons. The van der Waals surface area contributed by atoms with Crippen molar-refractivity contribution < 1.29 is 9.53 Å². The van der Waals surface area contributed by atoms with E-state index in [4.69, 9.17) is 4.74 Å². The van der Waals surface area contributed by atoms with Gasteiger partial charge in [-0.2, -0.15) is 0 Å². The number of hydrogen-bond acceptors (Lipinski definition) is 4. The Morgan fingerprint density at radius 3 is 3.25 bits per heavy atom. The molecule has 4 rings (SSSR count). The Balaban J connectivity index is 1.41. The number of carbonyl (C=O) groups excluding carboxylic acids is 1. The van der Waals surface area contributed by atoms with E-state index in [1.165, 1.54) is 5.56 Å². The molecule has 1 aromatic heterocycles. The van der Waals surface area contributed by atoms with E-state index in [-0.39, 0.29) is 12.1 Å². The maximum absolute atomic E-state index is 12.7. The third-order valence-electron chi connectivity index (χ3n) is 4.70. The van der Waals surface area contributed by atoms with Crippen LogP contribution in [-0.2, 0) is 13.0 Å². The van der Waals surface area contributed by atoms with E-state index in [2.05, 4.69) is 16.4 Å². The summed E-state index contributed by atoms with van der Waals surface area (Å²) in [7, 11) is 0. The van der Waals surface area contributed by atoms with Gasteiger partial charge in [0, 0.05) is 31.1 Å². The molecule has 0 saturated carbocycles. The zero-order chi connectivity index (χ0) is 16.4. The molecule has 0 spiro atoms. The quantitative estimate of drug-likeness (QED) is 0.928. The number of rotatable bonds is 3. The lowest BCUT2D eigenvalue weighted by Crippen LogP contribution is -2.44. The van der Waals surface area contributed by atoms with Crippen molar-refractivity contribution in [1.29, 1.82) is 0 Å². The molecular weight excluding hydrogens is 322 g/mol. The number of ether oxygens (including phenoxy) is 1. The van der Waals surface area contributed by atoms with Crippen molar-refractivity contribution in [2.24, 2.45) is 0 Å². The minimum absolute atomic E-state index is 0.00616. The zero-order valence-corrected chi connectivity index (χ0v) is 14.3. The lowest BCUT2D eigenvalue weighted by atomic mass is 10.0. The highest BCUT2D eigenvalue weighted by molar-refractivity contribution is 7.09. The number of aromatic nitrogens is 1. The third-order valence-corrected chi connectivity index (χ3v) is 5.57. The second kappa shape index (κ2) is 6.81. The molecule has 2 aromatic rings. The number of hydrogen-bond donors (Lipinski definition) is 1. The summed E-state index contributed by atoms with van der Waals surface area (Å²) in [5.74, 6) is 0.977. The molecule has 3 heterocycles. The molecule has 0 bridgehead atoms. The molecule has 2 aliphatic heterocycles. The molecule has 0 aliphatic carbocycles. The van der Waals surface area contributed by atoms with Gasteiger partial charge in [-0.05, 0) is 36.5 Å². The number of piperidine rings is 1. The highest BCUT2D eigenvalue weighted by Crippen LogP contribution is 2.32. The van der Waals surface area contributed by atoms with E-state index in [1.807, 2.05) is 28.6 Å². The Kier molecular flexibility index (Phi) is 4.38. The van der Waals surface area contributed by atoms with Crippen molar-refractivity contribution in [3.05, 3.63) is 45.9 Å². The van der Waals surface area contributed by atoms with E-state index >= 15 is 0 Å². The van der Waals surface area contributed by atoms with Crippen LogP contribution >= 0.6 is 11.3 Å². The molecule has 24 heavy (non-hydrogen) atoms. The zero-order valence-electron chi connectivity index (χ0n) is 13.5. The number of benzene rings is 1. The average Bonchev–Trinajstić information content (AvgIpc) is 3.30. The summed E-state index contributed by atoms with van der Waals surface area (Å²) in [5, 5.41) is 6.09. The van der Waals surface area contributed by atoms with Gasteiger partial charge < -0.3 is 15.0 Å². The van der Waals surface area contributed by atoms with E-state index in [1.54, 1.807) is 11.3 Å². The SMILES string of the molecule is O=C(NCc1ccc2c(c1)CCO2)N1CCCCC1c1nccs1. The summed E-state index contributed by atoms with van der Waals surface area (Å²) in [6.07, 6.45) is 5.98. The van der Waals surface area contributed by atoms with Crippen molar-refractivity contribution in [1.82, 2.24) is 15.2 Å². The number of likely N-dealkylation sites (tertiary alicyclic amines) is 1. The first-order chi connectivity index (χ1) is 11.8. The monoisotopic (exact) mass is 343 g/mol. The molecule has 6 heteroatoms. The number of fused-ring (bicyclic) bond motifs is 1. The van der Waals surface area contributed by atoms with Gasteiger partial charge >= 0.3 is 6.03 Å². The standard InChI is InChI=1S/C18H21N3O2S/c22-18(20-12-13-4-5-16-14(11-13)6-9-23-16)21-8-2-1-3-15(21)17-19-7-10-24-17/h4-5,7,10-11,15H,1-3,6,8-9,12H2,(H,20,22). The van der Waals surface area contributed by atoms with Gasteiger partial charge in [-0.15, -0.1) is 11.3 Å². The summed E-state index contributed by atoms with van der Waals surface area (Å²) in [5.41, 5.74) is 2.36. The Labute approximate surface area is 145 Å². The molecule has 5 nitrogen and oxygen atoms in total. The van der Waals surface area contributed by atoms with Crippen LogP contribution in [0.15, 0.2) is 29.8 Å². The highest BCUT2D eigenvalue weighted by atomic mass is 32.1. The molecule has 126 valence electrons. The van der Waals surface area contributed by atoms with Crippen LogP contribution in [0.3, 0.4) is 0 Å². The predicted octanol–water partition coefficient (Wildman–Crippen LogP) is 3.51. The minimum Gasteiger partial charge on any atom is -0.493 e. The fraction of sp³-hybridized carbons (Fsp3) is 0.444. The predicted molar refractivity (Wildman–Crippen MR) is 93.3 cm³/mol. The van der Waals surface area contributed by atoms with Gasteiger partial charge in [-0.3, -0.25) is 0 Å². The van der Waals surface area contributed by atoms with Crippen molar-refractivity contribution in [3.63, 3.8) is 0 Å². The van der Waals surface area contributed by atoms with Crippen LogP contribution in [0, 0.1) is 0 Å². The average molecular weight is 343 g/mol. The van der Waals surface area contributed by atoms with Crippen LogP contribution in [-0.4, -0.2) is 29.1 Å². The number of nitrogens with zero attached hydrogens (tertiary/aromatic N) is 2. The maximum atomic E-state index is 12.7. The van der Waals surface area contributed by atoms with Gasteiger partial charge in [0.15, 0.2) is 0 Å². The van der Waals surface area contributed by atoms with Crippen molar-refractivity contribution in [2.75, 3.05) is 13.2 Å². The Morgan fingerprint density at radius 1 is 1.42 bits per heavy atom. The molecule has 1 unspecified atom stereocenters. The van der Waals surface area contributed by atoms with E-state index in [0.29, 0.717) is 6.54 Å². The topological polar surface area (TPSA) is 54.5 Å². The van der Waals surface area contributed by atoms with Crippen LogP contribution in [0.25, 0.3) is 0 Å². The normalized spacial score (nSPS) is 19.7. The van der Waals surface area contributed by atoms with Crippen molar-refractivity contribution >= 4 is 17.4 Å². The number of nitrogens with one attached hydrogen (secondary N) is 1. The van der Waals surface area contributed by atoms with Crippen LogP contribution < -0.4 is 10.1 Å². The van der Waals surface area contributed by atoms with Crippen molar-refractivity contribution in [3.8, 4) is 5.75 Å². The molecule has 1 N–H and O–H groups in total. The fourth-order valence-electron chi connectivity index (χ4n) is 3.46. The van der Waals surface area contributed by atoms with Crippen LogP contribution in [0.4, 0.5) is 4.79 Å². The third kappa shape index (κ3) is 3.11. The summed E-state index contributed by atoms with van der Waals surface area (Å²) in [6, 6.07) is 6.29. The van der Waals surface area contributed by atoms with E-state index in [0.717, 1.165) is 55.2 Å². The Hall–Kier alpha value is -2.08. The van der Waals surface area contributed by atoms with Gasteiger partial charge in [0.1, 0.15) is 10.8 Å². The van der Waals surface area contributed by atoms with Crippen LogP contribution in [0.5, 0.6) is 5.75 Å². The summed E-state index contributed by atoms with van der Waals surface area (Å²) >= 11 is 1.63. The van der Waals surface area contributed by atoms with Gasteiger partial charge in [0.25, 0.3) is 0 Å². The molecule has 1 aromatic carbocycles. The number of amides is 2. The van der Waals surface area contributed by atoms with Gasteiger partial charge in [0.05, 0.1) is 12.6 Å². The first-order valence-corrected chi connectivity index (χ1v) is 9.38. The van der Waals surface area contributed by atoms with Crippen molar-refractivity contribution in [2.45, 2.75) is 38.3 Å². The molecule has 1 saturated heterocycles. The Morgan fingerprint density at radius 2 is 2.38 bits per heavy atom. The number of urea groups is 1. The summed E-state index contributed by atoms with van der Waals surface area (Å²) in [4.78, 5) is 19.0. The minimum atomic E-state index is 0.00616. The van der Waals surface area contributed by atoms with Gasteiger partial charge in [0.2, 0.25) is 0 Å². The second-order valence-corrected chi connectivity index (χ2v) is 7.20. The molecule has 2 amide bonds. The fourth-order valence-corrected chi connectivity index (χ4v) is 4.24. The molecule has 2 aliphatic rings. The lowest BCUT2D eigenvalue weighted by molar-refractivity contribution is 0.151. The lowest BCUT2D eigenvalue weighted by Gasteiger charge is -2.34. The molecule has 1 atom stereocenters. The first-order valence-electron chi connectivity index (χ1n) is 8.50. The van der Waals surface area contributed by atoms with Crippen LogP contribution in [0.2, 0.25) is 0 Å². The van der Waals surface area contributed by atoms with Gasteiger partial charge in [-0.1, -0.05) is 12.1 Å². The number of carbonyl (C=O) groups is 1. The molecule has 1 fully saturated rings. The van der Waals surface area contributed by atoms with E-state index in [9.17, 15) is 4.79 Å². The van der Waals surface area contributed by atoms with Gasteiger partial charge in [-0.25, -0.2) is 9.78 Å². The number of thiazole rings is 1.